The number of carbonyl (C=O) groups is 1. The van der Waals surface area contributed by atoms with Crippen molar-refractivity contribution >= 4 is 23.8 Å². The first-order valence-electron chi connectivity index (χ1n) is 6.99. The lowest BCUT2D eigenvalue weighted by molar-refractivity contribution is -0.131. The monoisotopic (exact) mass is 292 g/mol. The number of carboxylic acids is 1. The molecule has 1 N–H and O–H groups in total. The molecule has 0 aromatic heterocycles. The fraction of sp³-hybridized carbons (Fsp3) is 0.438. The van der Waals surface area contributed by atoms with E-state index in [9.17, 15) is 4.79 Å². The molecule has 0 heterocycles. The lowest BCUT2D eigenvalue weighted by atomic mass is 10.2. The molecule has 1 aliphatic carbocycles. The second kappa shape index (κ2) is 8.00. The van der Waals surface area contributed by atoms with Crippen molar-refractivity contribution in [2.45, 2.75) is 30.9 Å². The molecular weight excluding hydrogens is 272 g/mol. The molecule has 20 heavy (non-hydrogen) atoms. The number of hydrogen-bond donors (Lipinski definition) is 1. The number of thioether (sulfide) groups is 1. The second-order valence-corrected chi connectivity index (χ2v) is 6.28. The SMILES string of the molecule is O=C(O)C=Cc1cccc(OCCSC2CCCC2)c1. The Morgan fingerprint density at radius 3 is 2.95 bits per heavy atom. The van der Waals surface area contributed by atoms with E-state index < -0.39 is 5.97 Å². The smallest absolute Gasteiger partial charge is 0.328 e. The van der Waals surface area contributed by atoms with Crippen LogP contribution in [0.1, 0.15) is 31.2 Å². The van der Waals surface area contributed by atoms with E-state index in [1.807, 2.05) is 36.0 Å². The van der Waals surface area contributed by atoms with Crippen LogP contribution in [-0.4, -0.2) is 28.7 Å². The molecule has 1 fully saturated rings. The number of ether oxygens (including phenoxy) is 1. The summed E-state index contributed by atoms with van der Waals surface area (Å²) in [5, 5.41) is 9.42. The van der Waals surface area contributed by atoms with Crippen LogP contribution in [0.2, 0.25) is 0 Å². The number of carboxylic acid groups (broad SMARTS) is 1. The number of hydrogen-bond acceptors (Lipinski definition) is 3. The van der Waals surface area contributed by atoms with E-state index in [2.05, 4.69) is 0 Å². The largest absolute Gasteiger partial charge is 0.493 e. The maximum Gasteiger partial charge on any atom is 0.328 e. The zero-order valence-corrected chi connectivity index (χ0v) is 12.3. The van der Waals surface area contributed by atoms with Crippen molar-refractivity contribution in [1.29, 1.82) is 0 Å². The van der Waals surface area contributed by atoms with Crippen LogP contribution in [0.15, 0.2) is 30.3 Å². The minimum Gasteiger partial charge on any atom is -0.493 e. The van der Waals surface area contributed by atoms with Gasteiger partial charge < -0.3 is 9.84 Å². The molecule has 0 unspecified atom stereocenters. The third kappa shape index (κ3) is 5.29. The zero-order chi connectivity index (χ0) is 14.2. The Morgan fingerprint density at radius 2 is 2.20 bits per heavy atom. The van der Waals surface area contributed by atoms with Crippen LogP contribution in [0.3, 0.4) is 0 Å². The third-order valence-corrected chi connectivity index (χ3v) is 4.63. The van der Waals surface area contributed by atoms with Gasteiger partial charge in [-0.3, -0.25) is 0 Å². The summed E-state index contributed by atoms with van der Waals surface area (Å²) in [6.07, 6.45) is 8.14. The molecule has 1 aliphatic rings. The van der Waals surface area contributed by atoms with E-state index in [4.69, 9.17) is 9.84 Å². The Kier molecular flexibility index (Phi) is 5.99. The Morgan fingerprint density at radius 1 is 1.40 bits per heavy atom. The van der Waals surface area contributed by atoms with Gasteiger partial charge in [-0.05, 0) is 36.6 Å². The predicted molar refractivity (Wildman–Crippen MR) is 83.3 cm³/mol. The van der Waals surface area contributed by atoms with E-state index in [1.165, 1.54) is 25.7 Å². The molecular formula is C16H20O3S. The summed E-state index contributed by atoms with van der Waals surface area (Å²) in [5.41, 5.74) is 0.841. The zero-order valence-electron chi connectivity index (χ0n) is 11.5. The molecule has 0 atom stereocenters. The fourth-order valence-corrected chi connectivity index (χ4v) is 3.48. The minimum absolute atomic E-state index is 0.702. The molecule has 0 saturated heterocycles. The van der Waals surface area contributed by atoms with Crippen molar-refractivity contribution in [2.75, 3.05) is 12.4 Å². The summed E-state index contributed by atoms with van der Waals surface area (Å²) in [4.78, 5) is 10.5. The molecule has 4 heteroatoms. The van der Waals surface area contributed by atoms with Crippen LogP contribution >= 0.6 is 11.8 Å². The molecule has 2 rings (SSSR count). The quantitative estimate of drug-likeness (QED) is 0.612. The number of aliphatic carboxylic acids is 1. The van der Waals surface area contributed by atoms with Crippen molar-refractivity contribution in [1.82, 2.24) is 0 Å². The second-order valence-electron chi connectivity index (χ2n) is 4.87. The maximum absolute atomic E-state index is 10.5. The van der Waals surface area contributed by atoms with E-state index >= 15 is 0 Å². The van der Waals surface area contributed by atoms with Gasteiger partial charge in [0.1, 0.15) is 5.75 Å². The maximum atomic E-state index is 10.5. The van der Waals surface area contributed by atoms with E-state index in [0.29, 0.717) is 6.61 Å². The van der Waals surface area contributed by atoms with Crippen molar-refractivity contribution in [3.05, 3.63) is 35.9 Å². The molecule has 3 nitrogen and oxygen atoms in total. The summed E-state index contributed by atoms with van der Waals surface area (Å²) in [6.45, 7) is 0.702. The summed E-state index contributed by atoms with van der Waals surface area (Å²) in [6, 6.07) is 7.50. The van der Waals surface area contributed by atoms with E-state index in [1.54, 1.807) is 6.08 Å². The highest BCUT2D eigenvalue weighted by molar-refractivity contribution is 7.99. The molecule has 0 amide bonds. The normalized spacial score (nSPS) is 15.8. The van der Waals surface area contributed by atoms with Gasteiger partial charge >= 0.3 is 5.97 Å². The summed E-state index contributed by atoms with van der Waals surface area (Å²) in [7, 11) is 0. The van der Waals surface area contributed by atoms with Gasteiger partial charge in [-0.15, -0.1) is 0 Å². The topological polar surface area (TPSA) is 46.5 Å². The van der Waals surface area contributed by atoms with Gasteiger partial charge in [-0.25, -0.2) is 4.79 Å². The molecule has 1 aromatic rings. The number of benzene rings is 1. The highest BCUT2D eigenvalue weighted by Crippen LogP contribution is 2.29. The minimum atomic E-state index is -0.940. The summed E-state index contributed by atoms with van der Waals surface area (Å²) < 4.78 is 5.71. The van der Waals surface area contributed by atoms with Gasteiger partial charge in [0.2, 0.25) is 0 Å². The Labute approximate surface area is 124 Å². The van der Waals surface area contributed by atoms with Crippen LogP contribution in [0.5, 0.6) is 5.75 Å². The lowest BCUT2D eigenvalue weighted by Gasteiger charge is -2.10. The summed E-state index contributed by atoms with van der Waals surface area (Å²) >= 11 is 2.00. The molecule has 1 aromatic carbocycles. The standard InChI is InChI=1S/C16H20O3S/c17-16(18)9-8-13-4-3-5-14(12-13)19-10-11-20-15-6-1-2-7-15/h3-5,8-9,12,15H,1-2,6-7,10-11H2,(H,17,18). The van der Waals surface area contributed by atoms with Crippen LogP contribution < -0.4 is 4.74 Å². The molecule has 1 saturated carbocycles. The fourth-order valence-electron chi connectivity index (χ4n) is 2.30. The molecule has 0 spiro atoms. The Balaban J connectivity index is 1.74. The van der Waals surface area contributed by atoms with Crippen LogP contribution in [0.4, 0.5) is 0 Å². The molecule has 0 bridgehead atoms. The number of rotatable bonds is 7. The van der Waals surface area contributed by atoms with Gasteiger partial charge in [0.25, 0.3) is 0 Å². The van der Waals surface area contributed by atoms with Gasteiger partial charge in [-0.2, -0.15) is 11.8 Å². The van der Waals surface area contributed by atoms with Crippen LogP contribution in [-0.2, 0) is 4.79 Å². The summed E-state index contributed by atoms with van der Waals surface area (Å²) in [5.74, 6) is 0.869. The first-order valence-corrected chi connectivity index (χ1v) is 8.04. The average Bonchev–Trinajstić information content (AvgIpc) is 2.95. The van der Waals surface area contributed by atoms with Gasteiger partial charge in [-0.1, -0.05) is 25.0 Å². The molecule has 108 valence electrons. The Hall–Kier alpha value is -1.42. The Bertz CT molecular complexity index is 465. The van der Waals surface area contributed by atoms with E-state index in [0.717, 1.165) is 28.4 Å². The lowest BCUT2D eigenvalue weighted by Crippen LogP contribution is -2.04. The van der Waals surface area contributed by atoms with Crippen LogP contribution in [0, 0.1) is 0 Å². The third-order valence-electron chi connectivity index (χ3n) is 3.28. The average molecular weight is 292 g/mol. The van der Waals surface area contributed by atoms with Crippen molar-refractivity contribution in [3.63, 3.8) is 0 Å². The van der Waals surface area contributed by atoms with Gasteiger partial charge in [0.15, 0.2) is 0 Å². The predicted octanol–water partition coefficient (Wildman–Crippen LogP) is 3.84. The van der Waals surface area contributed by atoms with E-state index in [-0.39, 0.29) is 0 Å². The molecule has 0 aliphatic heterocycles. The van der Waals surface area contributed by atoms with Crippen molar-refractivity contribution in [3.8, 4) is 5.75 Å². The first kappa shape index (κ1) is 15.0. The van der Waals surface area contributed by atoms with Crippen LogP contribution in [0.25, 0.3) is 6.08 Å². The molecule has 0 radical (unpaired) electrons. The highest BCUT2D eigenvalue weighted by atomic mass is 32.2. The highest BCUT2D eigenvalue weighted by Gasteiger charge is 2.14. The van der Waals surface area contributed by atoms with Crippen molar-refractivity contribution < 1.29 is 14.6 Å². The first-order chi connectivity index (χ1) is 9.74. The van der Waals surface area contributed by atoms with Gasteiger partial charge in [0.05, 0.1) is 6.61 Å². The van der Waals surface area contributed by atoms with Crippen molar-refractivity contribution in [2.24, 2.45) is 0 Å². The van der Waals surface area contributed by atoms with Gasteiger partial charge in [0, 0.05) is 17.1 Å².